The van der Waals surface area contributed by atoms with Crippen LogP contribution in [0.15, 0.2) is 47.6 Å². The van der Waals surface area contributed by atoms with E-state index in [4.69, 9.17) is 31.2 Å². The van der Waals surface area contributed by atoms with Gasteiger partial charge >= 0.3 is 0 Å². The van der Waals surface area contributed by atoms with Crippen molar-refractivity contribution in [1.82, 2.24) is 14.9 Å². The van der Waals surface area contributed by atoms with Gasteiger partial charge in [-0.1, -0.05) is 18.2 Å². The summed E-state index contributed by atoms with van der Waals surface area (Å²) in [7, 11) is 4.70. The summed E-state index contributed by atoms with van der Waals surface area (Å²) in [5, 5.41) is 11.3. The van der Waals surface area contributed by atoms with Gasteiger partial charge in [-0.25, -0.2) is 5.10 Å². The van der Waals surface area contributed by atoms with E-state index in [2.05, 4.69) is 15.3 Å². The maximum Gasteiger partial charge on any atom is 0.216 e. The number of hydrogen-bond acceptors (Lipinski definition) is 7. The van der Waals surface area contributed by atoms with Crippen molar-refractivity contribution in [3.8, 4) is 23.0 Å². The van der Waals surface area contributed by atoms with Crippen LogP contribution < -0.4 is 18.9 Å². The van der Waals surface area contributed by atoms with Gasteiger partial charge in [0.1, 0.15) is 18.1 Å². The molecule has 146 valence electrons. The minimum Gasteiger partial charge on any atom is -0.496 e. The van der Waals surface area contributed by atoms with Crippen molar-refractivity contribution in [3.05, 3.63) is 58.6 Å². The molecule has 3 aromatic rings. The summed E-state index contributed by atoms with van der Waals surface area (Å²) in [5.74, 6) is 2.97. The summed E-state index contributed by atoms with van der Waals surface area (Å²) in [6, 6.07) is 12.9. The van der Waals surface area contributed by atoms with Crippen molar-refractivity contribution in [3.63, 3.8) is 0 Å². The maximum atomic E-state index is 5.73. The van der Waals surface area contributed by atoms with E-state index in [0.717, 1.165) is 5.75 Å². The predicted octanol–water partition coefficient (Wildman–Crippen LogP) is 3.43. The number of ether oxygens (including phenoxy) is 4. The zero-order valence-electron chi connectivity index (χ0n) is 15.7. The van der Waals surface area contributed by atoms with Crippen LogP contribution in [0.5, 0.6) is 23.0 Å². The van der Waals surface area contributed by atoms with Gasteiger partial charge in [0, 0.05) is 11.6 Å². The number of para-hydroxylation sites is 1. The van der Waals surface area contributed by atoms with Crippen LogP contribution in [0.1, 0.15) is 11.4 Å². The summed E-state index contributed by atoms with van der Waals surface area (Å²) >= 11 is 5.27. The van der Waals surface area contributed by atoms with Crippen molar-refractivity contribution in [2.75, 3.05) is 21.3 Å². The lowest BCUT2D eigenvalue weighted by molar-refractivity contribution is 0.290. The lowest BCUT2D eigenvalue weighted by Gasteiger charge is -2.11. The van der Waals surface area contributed by atoms with E-state index in [9.17, 15) is 0 Å². The molecule has 0 saturated heterocycles. The van der Waals surface area contributed by atoms with Gasteiger partial charge < -0.3 is 18.9 Å². The molecular formula is C19H20N4O4S. The van der Waals surface area contributed by atoms with Crippen molar-refractivity contribution < 1.29 is 18.9 Å². The van der Waals surface area contributed by atoms with Gasteiger partial charge in [0.25, 0.3) is 0 Å². The Labute approximate surface area is 167 Å². The highest BCUT2D eigenvalue weighted by Gasteiger charge is 2.11. The molecule has 28 heavy (non-hydrogen) atoms. The van der Waals surface area contributed by atoms with Gasteiger partial charge in [0.2, 0.25) is 4.77 Å². The molecule has 0 atom stereocenters. The molecule has 0 radical (unpaired) electrons. The zero-order valence-corrected chi connectivity index (χ0v) is 16.5. The Balaban J connectivity index is 1.86. The third-order valence-corrected chi connectivity index (χ3v) is 4.14. The van der Waals surface area contributed by atoms with Gasteiger partial charge in [-0.05, 0) is 30.4 Å². The number of rotatable bonds is 8. The Hall–Kier alpha value is -3.33. The third-order valence-electron chi connectivity index (χ3n) is 3.88. The number of aromatic nitrogens is 3. The maximum absolute atomic E-state index is 5.73. The fraction of sp³-hybridized carbons (Fsp3) is 0.211. The van der Waals surface area contributed by atoms with E-state index < -0.39 is 0 Å². The zero-order chi connectivity index (χ0) is 19.9. The molecule has 2 aromatic carbocycles. The van der Waals surface area contributed by atoms with E-state index >= 15 is 0 Å². The molecule has 0 aliphatic rings. The van der Waals surface area contributed by atoms with Crippen LogP contribution in [0.25, 0.3) is 0 Å². The second kappa shape index (κ2) is 9.05. The minimum absolute atomic E-state index is 0.206. The van der Waals surface area contributed by atoms with Gasteiger partial charge in [-0.2, -0.15) is 14.9 Å². The molecule has 8 nitrogen and oxygen atoms in total. The average Bonchev–Trinajstić information content (AvgIpc) is 3.10. The highest BCUT2D eigenvalue weighted by Crippen LogP contribution is 2.33. The van der Waals surface area contributed by atoms with Crippen molar-refractivity contribution in [2.24, 2.45) is 5.10 Å². The largest absolute Gasteiger partial charge is 0.496 e. The average molecular weight is 400 g/mol. The van der Waals surface area contributed by atoms with Gasteiger partial charge in [-0.15, -0.1) is 0 Å². The molecule has 0 amide bonds. The Morgan fingerprint density at radius 3 is 2.39 bits per heavy atom. The van der Waals surface area contributed by atoms with Crippen LogP contribution >= 0.6 is 12.2 Å². The number of methoxy groups -OCH3 is 3. The lowest BCUT2D eigenvalue weighted by Crippen LogP contribution is -2.04. The van der Waals surface area contributed by atoms with Crippen LogP contribution in [0.4, 0.5) is 0 Å². The first-order chi connectivity index (χ1) is 13.7. The Morgan fingerprint density at radius 1 is 1.04 bits per heavy atom. The fourth-order valence-corrected chi connectivity index (χ4v) is 2.67. The first kappa shape index (κ1) is 19.4. The summed E-state index contributed by atoms with van der Waals surface area (Å²) in [4.78, 5) is 0. The molecule has 0 aliphatic heterocycles. The van der Waals surface area contributed by atoms with Gasteiger partial charge in [0.05, 0.1) is 27.5 Å². The van der Waals surface area contributed by atoms with Gasteiger partial charge in [-0.3, -0.25) is 0 Å². The van der Waals surface area contributed by atoms with Crippen molar-refractivity contribution in [1.29, 1.82) is 0 Å². The quantitative estimate of drug-likeness (QED) is 0.461. The number of H-pyrrole nitrogens is 1. The van der Waals surface area contributed by atoms with Crippen LogP contribution in [0.2, 0.25) is 0 Å². The number of nitrogens with zero attached hydrogens (tertiary/aromatic N) is 3. The summed E-state index contributed by atoms with van der Waals surface area (Å²) < 4.78 is 23.6. The molecule has 9 heteroatoms. The Kier molecular flexibility index (Phi) is 6.28. The van der Waals surface area contributed by atoms with Crippen LogP contribution in [-0.4, -0.2) is 42.4 Å². The second-order valence-corrected chi connectivity index (χ2v) is 5.94. The monoisotopic (exact) mass is 400 g/mol. The highest BCUT2D eigenvalue weighted by atomic mass is 32.1. The van der Waals surface area contributed by atoms with E-state index in [0.29, 0.717) is 33.4 Å². The topological polar surface area (TPSA) is 82.9 Å². The SMILES string of the molecule is COc1cc(OC)c(OC)cc1C=Nn1c(COc2ccccc2)n[nH]c1=S. The molecule has 0 aliphatic carbocycles. The van der Waals surface area contributed by atoms with Crippen LogP contribution in [0.3, 0.4) is 0 Å². The van der Waals surface area contributed by atoms with E-state index in [-0.39, 0.29) is 6.61 Å². The summed E-state index contributed by atoms with van der Waals surface area (Å²) in [5.41, 5.74) is 0.693. The number of benzene rings is 2. The van der Waals surface area contributed by atoms with Crippen LogP contribution in [-0.2, 0) is 6.61 Å². The first-order valence-corrected chi connectivity index (χ1v) is 8.75. The first-order valence-electron chi connectivity index (χ1n) is 8.34. The van der Waals surface area contributed by atoms with E-state index in [1.165, 1.54) is 4.68 Å². The third kappa shape index (κ3) is 4.32. The molecule has 1 heterocycles. The molecule has 0 unspecified atom stereocenters. The molecular weight excluding hydrogens is 380 g/mol. The van der Waals surface area contributed by atoms with Crippen LogP contribution in [0, 0.1) is 4.77 Å². The van der Waals surface area contributed by atoms with Gasteiger partial charge in [0.15, 0.2) is 17.3 Å². The smallest absolute Gasteiger partial charge is 0.216 e. The predicted molar refractivity (Wildman–Crippen MR) is 107 cm³/mol. The number of hydrogen-bond donors (Lipinski definition) is 1. The minimum atomic E-state index is 0.206. The molecule has 1 aromatic heterocycles. The standard InChI is InChI=1S/C19H20N4O4S/c1-24-15-10-17(26-3)16(25-2)9-13(15)11-20-23-18(21-22-19(23)28)12-27-14-7-5-4-6-8-14/h4-11H,12H2,1-3H3,(H,22,28). The van der Waals surface area contributed by atoms with Crippen molar-refractivity contribution >= 4 is 18.4 Å². The normalized spacial score (nSPS) is 10.8. The lowest BCUT2D eigenvalue weighted by atomic mass is 10.2. The highest BCUT2D eigenvalue weighted by molar-refractivity contribution is 7.71. The molecule has 0 spiro atoms. The fourth-order valence-electron chi connectivity index (χ4n) is 2.48. The Bertz CT molecular complexity index is 1010. The molecule has 3 rings (SSSR count). The summed E-state index contributed by atoms with van der Waals surface area (Å²) in [6.45, 7) is 0.206. The number of aromatic amines is 1. The second-order valence-electron chi connectivity index (χ2n) is 5.55. The number of nitrogens with one attached hydrogen (secondary N) is 1. The molecule has 0 bridgehead atoms. The van der Waals surface area contributed by atoms with Crippen molar-refractivity contribution in [2.45, 2.75) is 6.61 Å². The molecule has 0 fully saturated rings. The molecule has 1 N–H and O–H groups in total. The summed E-state index contributed by atoms with van der Waals surface area (Å²) in [6.07, 6.45) is 1.61. The van der Waals surface area contributed by atoms with E-state index in [1.807, 2.05) is 30.3 Å². The Morgan fingerprint density at radius 2 is 1.71 bits per heavy atom. The van der Waals surface area contributed by atoms with E-state index in [1.54, 1.807) is 39.7 Å². The molecule has 0 saturated carbocycles.